The molecule has 2 heterocycles. The average molecular weight is 313 g/mol. The average Bonchev–Trinajstić information content (AvgIpc) is 2.92. The second-order valence-corrected chi connectivity index (χ2v) is 7.06. The molecule has 0 fully saturated rings. The lowest BCUT2D eigenvalue weighted by Crippen LogP contribution is -2.44. The van der Waals surface area contributed by atoms with Gasteiger partial charge in [0.1, 0.15) is 0 Å². The van der Waals surface area contributed by atoms with Crippen LogP contribution < -0.4 is 11.1 Å². The van der Waals surface area contributed by atoms with Gasteiger partial charge in [-0.25, -0.2) is 0 Å². The highest BCUT2D eigenvalue weighted by molar-refractivity contribution is 7.98. The molecule has 4 nitrogen and oxygen atoms in total. The third-order valence-electron chi connectivity index (χ3n) is 3.58. The number of nitrogens with zero attached hydrogens (tertiary/aromatic N) is 1. The number of thiophene rings is 1. The zero-order valence-electron chi connectivity index (χ0n) is 11.9. The Bertz CT molecular complexity index is 436. The van der Waals surface area contributed by atoms with Crippen molar-refractivity contribution in [1.29, 1.82) is 0 Å². The number of nitrogens with two attached hydrogens (primary N) is 1. The van der Waals surface area contributed by atoms with Gasteiger partial charge in [0.25, 0.3) is 0 Å². The normalized spacial score (nSPS) is 16.7. The first-order valence-corrected chi connectivity index (χ1v) is 9.28. The number of carbonyl (C=O) groups excluding carboxylic acids is 1. The summed E-state index contributed by atoms with van der Waals surface area (Å²) in [6.45, 7) is 3.68. The van der Waals surface area contributed by atoms with E-state index in [0.29, 0.717) is 6.54 Å². The molecular weight excluding hydrogens is 290 g/mol. The lowest BCUT2D eigenvalue weighted by Gasteiger charge is -2.26. The molecule has 20 heavy (non-hydrogen) atoms. The highest BCUT2D eigenvalue weighted by atomic mass is 32.2. The van der Waals surface area contributed by atoms with Gasteiger partial charge in [0.05, 0.1) is 6.04 Å². The first-order valence-electron chi connectivity index (χ1n) is 7.00. The van der Waals surface area contributed by atoms with Gasteiger partial charge in [0.15, 0.2) is 0 Å². The standard InChI is InChI=1S/C14H23N3OS2/c1-19-8-4-12(15)14(18)16-5-7-17-6-2-13-11(10-17)3-9-20-13/h3,9,12H,2,4-8,10,15H2,1H3,(H,16,18)/t12-/m0/s1. The minimum atomic E-state index is -0.368. The van der Waals surface area contributed by atoms with Crippen molar-refractivity contribution in [2.75, 3.05) is 31.6 Å². The van der Waals surface area contributed by atoms with E-state index in [-0.39, 0.29) is 11.9 Å². The summed E-state index contributed by atoms with van der Waals surface area (Å²) in [5.74, 6) is 0.911. The minimum absolute atomic E-state index is 0.0210. The van der Waals surface area contributed by atoms with Gasteiger partial charge in [-0.05, 0) is 41.9 Å². The highest BCUT2D eigenvalue weighted by Gasteiger charge is 2.17. The van der Waals surface area contributed by atoms with E-state index in [2.05, 4.69) is 21.7 Å². The molecule has 1 aromatic rings. The van der Waals surface area contributed by atoms with Crippen molar-refractivity contribution in [3.05, 3.63) is 21.9 Å². The predicted octanol–water partition coefficient (Wildman–Crippen LogP) is 1.30. The second-order valence-electron chi connectivity index (χ2n) is 5.07. The van der Waals surface area contributed by atoms with Crippen LogP contribution in [0.2, 0.25) is 0 Å². The second kappa shape index (κ2) is 8.02. The Labute approximate surface area is 129 Å². The van der Waals surface area contributed by atoms with Crippen molar-refractivity contribution in [3.63, 3.8) is 0 Å². The van der Waals surface area contributed by atoms with Gasteiger partial charge in [-0.15, -0.1) is 11.3 Å². The molecule has 0 spiro atoms. The van der Waals surface area contributed by atoms with Crippen molar-refractivity contribution in [1.82, 2.24) is 10.2 Å². The molecule has 2 rings (SSSR count). The summed E-state index contributed by atoms with van der Waals surface area (Å²) in [5.41, 5.74) is 7.28. The molecule has 0 saturated carbocycles. The molecule has 1 atom stereocenters. The fourth-order valence-corrected chi connectivity index (χ4v) is 3.72. The summed E-state index contributed by atoms with van der Waals surface area (Å²) >= 11 is 3.57. The van der Waals surface area contributed by atoms with Crippen LogP contribution in [-0.2, 0) is 17.8 Å². The molecule has 112 valence electrons. The van der Waals surface area contributed by atoms with Crippen LogP contribution in [0.5, 0.6) is 0 Å². The summed E-state index contributed by atoms with van der Waals surface area (Å²) in [6, 6.07) is 1.84. The number of rotatable bonds is 7. The molecule has 1 aliphatic rings. The molecule has 0 bridgehead atoms. The van der Waals surface area contributed by atoms with Gasteiger partial charge >= 0.3 is 0 Å². The van der Waals surface area contributed by atoms with Crippen LogP contribution in [0.3, 0.4) is 0 Å². The van der Waals surface area contributed by atoms with Crippen molar-refractivity contribution < 1.29 is 4.79 Å². The monoisotopic (exact) mass is 313 g/mol. The Morgan fingerprint density at radius 1 is 1.65 bits per heavy atom. The number of hydrogen-bond donors (Lipinski definition) is 2. The maximum atomic E-state index is 11.8. The summed E-state index contributed by atoms with van der Waals surface area (Å²) in [6.07, 6.45) is 3.91. The van der Waals surface area contributed by atoms with E-state index in [1.807, 2.05) is 17.6 Å². The summed E-state index contributed by atoms with van der Waals surface area (Å²) in [4.78, 5) is 15.7. The predicted molar refractivity (Wildman–Crippen MR) is 87.3 cm³/mol. The summed E-state index contributed by atoms with van der Waals surface area (Å²) in [7, 11) is 0. The maximum Gasteiger partial charge on any atom is 0.236 e. The first kappa shape index (κ1) is 15.8. The van der Waals surface area contributed by atoms with Crippen LogP contribution in [0.25, 0.3) is 0 Å². The molecule has 0 aromatic carbocycles. The van der Waals surface area contributed by atoms with E-state index in [9.17, 15) is 4.79 Å². The van der Waals surface area contributed by atoms with Gasteiger partial charge in [-0.1, -0.05) is 0 Å². The van der Waals surface area contributed by atoms with E-state index in [4.69, 9.17) is 5.73 Å². The Morgan fingerprint density at radius 2 is 2.50 bits per heavy atom. The van der Waals surface area contributed by atoms with E-state index < -0.39 is 0 Å². The molecule has 1 aromatic heterocycles. The van der Waals surface area contributed by atoms with Crippen molar-refractivity contribution in [2.45, 2.75) is 25.4 Å². The van der Waals surface area contributed by atoms with Crippen LogP contribution in [-0.4, -0.2) is 48.5 Å². The Kier molecular flexibility index (Phi) is 6.35. The number of thioether (sulfide) groups is 1. The van der Waals surface area contributed by atoms with Gasteiger partial charge < -0.3 is 11.1 Å². The Hall–Kier alpha value is -0.560. The third kappa shape index (κ3) is 4.48. The largest absolute Gasteiger partial charge is 0.353 e. The number of carbonyl (C=O) groups is 1. The zero-order valence-corrected chi connectivity index (χ0v) is 13.6. The van der Waals surface area contributed by atoms with Crippen LogP contribution in [0.1, 0.15) is 16.9 Å². The van der Waals surface area contributed by atoms with Gasteiger partial charge in [-0.2, -0.15) is 11.8 Å². The Morgan fingerprint density at radius 3 is 3.30 bits per heavy atom. The molecule has 3 N–H and O–H groups in total. The lowest BCUT2D eigenvalue weighted by atomic mass is 10.1. The zero-order chi connectivity index (χ0) is 14.4. The van der Waals surface area contributed by atoms with E-state index in [1.54, 1.807) is 11.8 Å². The van der Waals surface area contributed by atoms with Gasteiger partial charge in [-0.3, -0.25) is 9.69 Å². The van der Waals surface area contributed by atoms with Gasteiger partial charge in [0.2, 0.25) is 5.91 Å². The van der Waals surface area contributed by atoms with E-state index >= 15 is 0 Å². The molecule has 0 unspecified atom stereocenters. The highest BCUT2D eigenvalue weighted by Crippen LogP contribution is 2.23. The lowest BCUT2D eigenvalue weighted by molar-refractivity contribution is -0.122. The fourth-order valence-electron chi connectivity index (χ4n) is 2.34. The van der Waals surface area contributed by atoms with Crippen LogP contribution >= 0.6 is 23.1 Å². The van der Waals surface area contributed by atoms with E-state index in [0.717, 1.165) is 38.2 Å². The topological polar surface area (TPSA) is 58.4 Å². The Balaban J connectivity index is 1.65. The molecule has 1 amide bonds. The summed E-state index contributed by atoms with van der Waals surface area (Å²) < 4.78 is 0. The first-order chi connectivity index (χ1) is 9.70. The minimum Gasteiger partial charge on any atom is -0.353 e. The quantitative estimate of drug-likeness (QED) is 0.797. The smallest absolute Gasteiger partial charge is 0.236 e. The molecule has 6 heteroatoms. The number of hydrogen-bond acceptors (Lipinski definition) is 5. The molecular formula is C14H23N3OS2. The van der Waals surface area contributed by atoms with Crippen molar-refractivity contribution in [2.24, 2.45) is 5.73 Å². The van der Waals surface area contributed by atoms with Crippen molar-refractivity contribution in [3.8, 4) is 0 Å². The fraction of sp³-hybridized carbons (Fsp3) is 0.643. The number of fused-ring (bicyclic) bond motifs is 1. The number of nitrogens with one attached hydrogen (secondary N) is 1. The molecule has 0 radical (unpaired) electrons. The molecule has 0 aliphatic carbocycles. The SMILES string of the molecule is CSCC[C@H](N)C(=O)NCCN1CCc2sccc2C1. The van der Waals surface area contributed by atoms with Crippen LogP contribution in [0.4, 0.5) is 0 Å². The summed E-state index contributed by atoms with van der Waals surface area (Å²) in [5, 5.41) is 5.11. The van der Waals surface area contributed by atoms with Crippen LogP contribution in [0, 0.1) is 0 Å². The third-order valence-corrected chi connectivity index (χ3v) is 5.25. The van der Waals surface area contributed by atoms with Crippen LogP contribution in [0.15, 0.2) is 11.4 Å². The van der Waals surface area contributed by atoms with E-state index in [1.165, 1.54) is 10.4 Å². The van der Waals surface area contributed by atoms with Crippen molar-refractivity contribution >= 4 is 29.0 Å². The molecule has 0 saturated heterocycles. The number of amides is 1. The molecule has 1 aliphatic heterocycles. The maximum absolute atomic E-state index is 11.8. The van der Waals surface area contributed by atoms with Gasteiger partial charge in [0, 0.05) is 31.1 Å².